The van der Waals surface area contributed by atoms with E-state index in [1.54, 1.807) is 0 Å². The zero-order valence-corrected chi connectivity index (χ0v) is 11.4. The van der Waals surface area contributed by atoms with Crippen molar-refractivity contribution in [2.24, 2.45) is 5.92 Å². The largest absolute Gasteiger partial charge is 0.303 e. The zero-order valence-electron chi connectivity index (χ0n) is 11.4. The summed E-state index contributed by atoms with van der Waals surface area (Å²) in [5, 5.41) is 0. The van der Waals surface area contributed by atoms with Crippen LogP contribution in [-0.2, 0) is 0 Å². The average Bonchev–Trinajstić information content (AvgIpc) is 2.32. The lowest BCUT2D eigenvalue weighted by atomic mass is 9.89. The molecule has 0 atom stereocenters. The van der Waals surface area contributed by atoms with Gasteiger partial charge < -0.3 is 4.90 Å². The van der Waals surface area contributed by atoms with Gasteiger partial charge in [0.25, 0.3) is 0 Å². The number of rotatable bonds is 5. The Labute approximate surface area is 97.2 Å². The second-order valence-electron chi connectivity index (χ2n) is 4.40. The molecule has 0 spiro atoms. The summed E-state index contributed by atoms with van der Waals surface area (Å²) in [4.78, 5) is 2.62. The molecule has 0 aromatic heterocycles. The molecule has 15 heavy (non-hydrogen) atoms. The zero-order chi connectivity index (χ0) is 11.5. The van der Waals surface area contributed by atoms with Gasteiger partial charge in [-0.2, -0.15) is 0 Å². The van der Waals surface area contributed by atoms with Gasteiger partial charge in [0, 0.05) is 6.54 Å². The van der Waals surface area contributed by atoms with E-state index in [2.05, 4.69) is 18.7 Å². The average molecular weight is 213 g/mol. The molecule has 0 aliphatic heterocycles. The number of nitrogens with zero attached hydrogens (tertiary/aromatic N) is 1. The Bertz CT molecular complexity index is 114. The maximum Gasteiger partial charge on any atom is 0.000954 e. The fraction of sp³-hybridized carbons (Fsp3) is 1.00. The van der Waals surface area contributed by atoms with Crippen molar-refractivity contribution in [3.63, 3.8) is 0 Å². The summed E-state index contributed by atoms with van der Waals surface area (Å²) in [7, 11) is 0. The van der Waals surface area contributed by atoms with Gasteiger partial charge >= 0.3 is 0 Å². The van der Waals surface area contributed by atoms with Crippen LogP contribution in [0.3, 0.4) is 0 Å². The summed E-state index contributed by atoms with van der Waals surface area (Å²) < 4.78 is 0. The smallest absolute Gasteiger partial charge is 0.000954 e. The molecule has 0 saturated heterocycles. The van der Waals surface area contributed by atoms with E-state index in [0.29, 0.717) is 0 Å². The summed E-state index contributed by atoms with van der Waals surface area (Å²) >= 11 is 0. The van der Waals surface area contributed by atoms with Crippen LogP contribution in [0.25, 0.3) is 0 Å². The van der Waals surface area contributed by atoms with E-state index in [-0.39, 0.29) is 0 Å². The molecule has 0 heterocycles. The molecule has 0 bridgehead atoms. The highest BCUT2D eigenvalue weighted by Crippen LogP contribution is 2.24. The third-order valence-electron chi connectivity index (χ3n) is 3.23. The van der Waals surface area contributed by atoms with Crippen LogP contribution in [0.1, 0.15) is 66.2 Å². The van der Waals surface area contributed by atoms with Crippen molar-refractivity contribution in [1.82, 2.24) is 4.90 Å². The second kappa shape index (κ2) is 10.5. The van der Waals surface area contributed by atoms with Crippen LogP contribution in [0.2, 0.25) is 0 Å². The minimum Gasteiger partial charge on any atom is -0.303 e. The van der Waals surface area contributed by atoms with Gasteiger partial charge in [0.15, 0.2) is 0 Å². The van der Waals surface area contributed by atoms with E-state index in [9.17, 15) is 0 Å². The molecule has 1 nitrogen and oxygen atoms in total. The fourth-order valence-corrected chi connectivity index (χ4v) is 2.43. The van der Waals surface area contributed by atoms with Crippen LogP contribution in [0.15, 0.2) is 0 Å². The van der Waals surface area contributed by atoms with Crippen LogP contribution in [0.5, 0.6) is 0 Å². The molecule has 0 unspecified atom stereocenters. The minimum atomic E-state index is 1.01. The number of hydrogen-bond donors (Lipinski definition) is 0. The van der Waals surface area contributed by atoms with E-state index in [1.807, 2.05) is 13.8 Å². The molecular formula is C14H31N. The fourth-order valence-electron chi connectivity index (χ4n) is 2.43. The van der Waals surface area contributed by atoms with Gasteiger partial charge in [0.05, 0.1) is 0 Å². The Morgan fingerprint density at radius 3 is 2.07 bits per heavy atom. The van der Waals surface area contributed by atoms with E-state index in [1.165, 1.54) is 58.2 Å². The first-order valence-electron chi connectivity index (χ1n) is 7.09. The van der Waals surface area contributed by atoms with Crippen molar-refractivity contribution >= 4 is 0 Å². The Kier molecular flexibility index (Phi) is 10.4. The molecule has 0 N–H and O–H groups in total. The van der Waals surface area contributed by atoms with Crippen molar-refractivity contribution in [3.05, 3.63) is 0 Å². The Balaban J connectivity index is 0.000000921. The molecule has 1 fully saturated rings. The molecular weight excluding hydrogens is 182 g/mol. The molecule has 1 rings (SSSR count). The van der Waals surface area contributed by atoms with E-state index in [4.69, 9.17) is 0 Å². The summed E-state index contributed by atoms with van der Waals surface area (Å²) in [6.07, 6.45) is 8.72. The van der Waals surface area contributed by atoms with Gasteiger partial charge in [-0.1, -0.05) is 47.0 Å². The van der Waals surface area contributed by atoms with Gasteiger partial charge in [-0.15, -0.1) is 0 Å². The van der Waals surface area contributed by atoms with Gasteiger partial charge in [-0.25, -0.2) is 0 Å². The highest BCUT2D eigenvalue weighted by Gasteiger charge is 2.15. The molecule has 1 saturated carbocycles. The molecule has 0 aromatic rings. The molecule has 0 amide bonds. The summed E-state index contributed by atoms with van der Waals surface area (Å²) in [6.45, 7) is 12.5. The monoisotopic (exact) mass is 213 g/mol. The maximum atomic E-state index is 2.62. The molecule has 1 heteroatoms. The van der Waals surface area contributed by atoms with Gasteiger partial charge in [-0.05, 0) is 38.3 Å². The molecule has 92 valence electrons. The van der Waals surface area contributed by atoms with E-state index >= 15 is 0 Å². The van der Waals surface area contributed by atoms with Crippen LogP contribution >= 0.6 is 0 Å². The topological polar surface area (TPSA) is 3.24 Å². The van der Waals surface area contributed by atoms with Crippen LogP contribution in [0, 0.1) is 5.92 Å². The predicted octanol–water partition coefficient (Wildman–Crippen LogP) is 4.32. The Morgan fingerprint density at radius 1 is 1.00 bits per heavy atom. The Morgan fingerprint density at radius 2 is 1.60 bits per heavy atom. The van der Waals surface area contributed by atoms with Crippen molar-refractivity contribution in [2.75, 3.05) is 19.6 Å². The summed E-state index contributed by atoms with van der Waals surface area (Å²) in [5.41, 5.74) is 0. The Hall–Kier alpha value is -0.0400. The van der Waals surface area contributed by atoms with E-state index in [0.717, 1.165) is 5.92 Å². The second-order valence-corrected chi connectivity index (χ2v) is 4.40. The van der Waals surface area contributed by atoms with Crippen molar-refractivity contribution < 1.29 is 0 Å². The highest BCUT2D eigenvalue weighted by molar-refractivity contribution is 4.69. The molecule has 0 aromatic carbocycles. The number of hydrogen-bond acceptors (Lipinski definition) is 1. The predicted molar refractivity (Wildman–Crippen MR) is 70.3 cm³/mol. The maximum absolute atomic E-state index is 2.62. The lowest BCUT2D eigenvalue weighted by Crippen LogP contribution is -2.31. The molecule has 0 radical (unpaired) electrons. The van der Waals surface area contributed by atoms with Crippen LogP contribution in [0.4, 0.5) is 0 Å². The first-order chi connectivity index (χ1) is 7.36. The van der Waals surface area contributed by atoms with Gasteiger partial charge in [0.1, 0.15) is 0 Å². The third-order valence-corrected chi connectivity index (χ3v) is 3.23. The highest BCUT2D eigenvalue weighted by atomic mass is 15.1. The van der Waals surface area contributed by atoms with Crippen molar-refractivity contribution in [1.29, 1.82) is 0 Å². The molecule has 1 aliphatic carbocycles. The molecule has 1 aliphatic rings. The van der Waals surface area contributed by atoms with Crippen molar-refractivity contribution in [2.45, 2.75) is 66.2 Å². The van der Waals surface area contributed by atoms with Gasteiger partial charge in [0.2, 0.25) is 0 Å². The normalized spacial score (nSPS) is 17.4. The minimum absolute atomic E-state index is 1.01. The van der Waals surface area contributed by atoms with Gasteiger partial charge in [-0.3, -0.25) is 0 Å². The summed E-state index contributed by atoms with van der Waals surface area (Å²) in [6, 6.07) is 0. The van der Waals surface area contributed by atoms with Crippen LogP contribution < -0.4 is 0 Å². The third kappa shape index (κ3) is 6.94. The first kappa shape index (κ1) is 15.0. The quantitative estimate of drug-likeness (QED) is 0.657. The lowest BCUT2D eigenvalue weighted by Gasteiger charge is -2.28. The van der Waals surface area contributed by atoms with Crippen molar-refractivity contribution in [3.8, 4) is 0 Å². The van der Waals surface area contributed by atoms with E-state index < -0.39 is 0 Å². The standard InChI is InChI=1S/C12H25N.C2H6/c1-3-10-13(4-2)11-12-8-6-5-7-9-12;1-2/h12H,3-11H2,1-2H3;1-2H3. The summed E-state index contributed by atoms with van der Waals surface area (Å²) in [5.74, 6) is 1.01. The lowest BCUT2D eigenvalue weighted by molar-refractivity contribution is 0.208. The SMILES string of the molecule is CC.CCCN(CC)CC1CCCCC1. The van der Waals surface area contributed by atoms with Crippen LogP contribution in [-0.4, -0.2) is 24.5 Å². The first-order valence-corrected chi connectivity index (χ1v) is 7.09.